The molecule has 0 radical (unpaired) electrons. The Morgan fingerprint density at radius 2 is 2.30 bits per heavy atom. The number of carbonyl (C=O) groups is 1. The van der Waals surface area contributed by atoms with Crippen LogP contribution in [0.4, 0.5) is 0 Å². The molecule has 4 nitrogen and oxygen atoms in total. The summed E-state index contributed by atoms with van der Waals surface area (Å²) in [5.74, 6) is -0.413. The minimum Gasteiger partial charge on any atom is -0.345 e. The lowest BCUT2D eigenvalue weighted by Gasteiger charge is -2.14. The summed E-state index contributed by atoms with van der Waals surface area (Å²) in [6, 6.07) is 7.10. The van der Waals surface area contributed by atoms with Crippen molar-refractivity contribution in [3.05, 3.63) is 70.5 Å². The quantitative estimate of drug-likeness (QED) is 0.499. The molecule has 0 spiro atoms. The molecule has 1 heterocycles. The number of hydrogen-bond acceptors (Lipinski definition) is 3. The van der Waals surface area contributed by atoms with Crippen molar-refractivity contribution in [1.82, 2.24) is 10.3 Å². The van der Waals surface area contributed by atoms with Gasteiger partial charge in [0.25, 0.3) is 5.91 Å². The molecule has 1 aromatic rings. The molecular formula is C18H16BrN3O. The Labute approximate surface area is 144 Å². The summed E-state index contributed by atoms with van der Waals surface area (Å²) in [7, 11) is 0. The minimum absolute atomic E-state index is 0.0195. The molecule has 1 unspecified atom stereocenters. The number of nitrogens with one attached hydrogen (secondary N) is 1. The van der Waals surface area contributed by atoms with Crippen LogP contribution < -0.4 is 5.32 Å². The lowest BCUT2D eigenvalue weighted by Crippen LogP contribution is -2.34. The third-order valence-corrected chi connectivity index (χ3v) is 3.96. The Balaban J connectivity index is 2.18. The van der Waals surface area contributed by atoms with Crippen LogP contribution in [0.1, 0.15) is 18.5 Å². The average molecular weight is 370 g/mol. The van der Waals surface area contributed by atoms with Crippen molar-refractivity contribution < 1.29 is 4.79 Å². The fourth-order valence-corrected chi connectivity index (χ4v) is 2.77. The predicted molar refractivity (Wildman–Crippen MR) is 94.1 cm³/mol. The highest BCUT2D eigenvalue weighted by Gasteiger charge is 2.26. The van der Waals surface area contributed by atoms with Crippen molar-refractivity contribution in [2.45, 2.75) is 18.9 Å². The van der Waals surface area contributed by atoms with E-state index < -0.39 is 5.91 Å². The van der Waals surface area contributed by atoms with Gasteiger partial charge in [-0.2, -0.15) is 5.26 Å². The van der Waals surface area contributed by atoms with Crippen LogP contribution in [0.3, 0.4) is 0 Å². The molecule has 2 rings (SSSR count). The molecule has 116 valence electrons. The first-order valence-corrected chi connectivity index (χ1v) is 7.90. The first-order valence-electron chi connectivity index (χ1n) is 7.11. The molecule has 0 aliphatic heterocycles. The fourth-order valence-electron chi connectivity index (χ4n) is 2.41. The van der Waals surface area contributed by atoms with Gasteiger partial charge in [0.15, 0.2) is 0 Å². The van der Waals surface area contributed by atoms with Gasteiger partial charge in [-0.3, -0.25) is 4.79 Å². The van der Waals surface area contributed by atoms with Crippen molar-refractivity contribution in [3.63, 3.8) is 0 Å². The van der Waals surface area contributed by atoms with Gasteiger partial charge in [-0.05, 0) is 58.1 Å². The van der Waals surface area contributed by atoms with Crippen molar-refractivity contribution in [2.24, 2.45) is 0 Å². The van der Waals surface area contributed by atoms with Gasteiger partial charge in [0.1, 0.15) is 16.2 Å². The Morgan fingerprint density at radius 3 is 2.96 bits per heavy atom. The lowest BCUT2D eigenvalue weighted by molar-refractivity contribution is -0.117. The van der Waals surface area contributed by atoms with Gasteiger partial charge in [-0.15, -0.1) is 0 Å². The smallest absolute Gasteiger partial charge is 0.262 e. The molecule has 0 bridgehead atoms. The lowest BCUT2D eigenvalue weighted by atomic mass is 10.1. The number of pyridine rings is 1. The highest BCUT2D eigenvalue weighted by atomic mass is 79.9. The molecule has 1 aromatic heterocycles. The molecule has 0 aromatic carbocycles. The van der Waals surface area contributed by atoms with Gasteiger partial charge in [0, 0.05) is 0 Å². The van der Waals surface area contributed by atoms with E-state index in [9.17, 15) is 10.1 Å². The molecule has 1 fully saturated rings. The number of amides is 1. The van der Waals surface area contributed by atoms with Crippen LogP contribution in [0.2, 0.25) is 0 Å². The highest BCUT2D eigenvalue weighted by molar-refractivity contribution is 9.10. The topological polar surface area (TPSA) is 65.8 Å². The second-order valence-electron chi connectivity index (χ2n) is 5.08. The van der Waals surface area contributed by atoms with Crippen LogP contribution in [0.15, 0.2) is 64.8 Å². The molecule has 1 amide bonds. The molecule has 1 aliphatic rings. The molecule has 1 aliphatic carbocycles. The summed E-state index contributed by atoms with van der Waals surface area (Å²) in [6.07, 6.45) is 6.60. The predicted octanol–water partition coefficient (Wildman–Crippen LogP) is 3.70. The number of nitriles is 1. The number of allylic oxidation sites excluding steroid dienone is 2. The van der Waals surface area contributed by atoms with Crippen molar-refractivity contribution >= 4 is 27.9 Å². The van der Waals surface area contributed by atoms with Crippen LogP contribution in [-0.4, -0.2) is 16.9 Å². The average Bonchev–Trinajstić information content (AvgIpc) is 2.86. The van der Waals surface area contributed by atoms with E-state index in [2.05, 4.69) is 39.4 Å². The second kappa shape index (κ2) is 7.70. The Bertz CT molecular complexity index is 756. The molecule has 5 heteroatoms. The van der Waals surface area contributed by atoms with Gasteiger partial charge in [0.05, 0.1) is 11.7 Å². The first kappa shape index (κ1) is 16.9. The summed E-state index contributed by atoms with van der Waals surface area (Å²) in [4.78, 5) is 16.6. The van der Waals surface area contributed by atoms with Crippen LogP contribution in [0.25, 0.3) is 6.08 Å². The summed E-state index contributed by atoms with van der Waals surface area (Å²) < 4.78 is 0.646. The van der Waals surface area contributed by atoms with E-state index in [1.54, 1.807) is 24.3 Å². The number of aromatic nitrogens is 1. The summed E-state index contributed by atoms with van der Waals surface area (Å²) in [5.41, 5.74) is 2.52. The van der Waals surface area contributed by atoms with E-state index >= 15 is 0 Å². The molecule has 1 N–H and O–H groups in total. The normalized spacial score (nSPS) is 19.5. The zero-order valence-corrected chi connectivity index (χ0v) is 14.1. The first-order chi connectivity index (χ1) is 11.0. The fraction of sp³-hybridized carbons (Fsp3) is 0.167. The molecular weight excluding hydrogens is 354 g/mol. The van der Waals surface area contributed by atoms with E-state index in [0.717, 1.165) is 24.0 Å². The summed E-state index contributed by atoms with van der Waals surface area (Å²) in [5, 5.41) is 12.1. The Hall–Kier alpha value is -2.45. The number of carbonyl (C=O) groups excluding carboxylic acids is 1. The van der Waals surface area contributed by atoms with Crippen LogP contribution in [0, 0.1) is 11.3 Å². The Kier molecular flexibility index (Phi) is 5.67. The monoisotopic (exact) mass is 369 g/mol. The van der Waals surface area contributed by atoms with Crippen LogP contribution in [-0.2, 0) is 4.79 Å². The molecule has 0 saturated heterocycles. The maximum absolute atomic E-state index is 12.4. The molecule has 1 atom stereocenters. The number of halogens is 1. The second-order valence-corrected chi connectivity index (χ2v) is 5.89. The maximum Gasteiger partial charge on any atom is 0.262 e. The van der Waals surface area contributed by atoms with Crippen molar-refractivity contribution in [3.8, 4) is 6.07 Å². The molecule has 23 heavy (non-hydrogen) atoms. The number of hydrogen-bond donors (Lipinski definition) is 1. The number of nitrogens with zero attached hydrogens (tertiary/aromatic N) is 2. The van der Waals surface area contributed by atoms with Gasteiger partial charge in [0.2, 0.25) is 0 Å². The molecule has 1 saturated carbocycles. The minimum atomic E-state index is -0.413. The van der Waals surface area contributed by atoms with Gasteiger partial charge in [-0.25, -0.2) is 4.98 Å². The van der Waals surface area contributed by atoms with Crippen molar-refractivity contribution in [2.75, 3.05) is 0 Å². The van der Waals surface area contributed by atoms with Gasteiger partial charge < -0.3 is 5.32 Å². The van der Waals surface area contributed by atoms with E-state index in [4.69, 9.17) is 0 Å². The van der Waals surface area contributed by atoms with Gasteiger partial charge in [-0.1, -0.05) is 31.4 Å². The third-order valence-electron chi connectivity index (χ3n) is 3.52. The maximum atomic E-state index is 12.4. The van der Waals surface area contributed by atoms with Crippen LogP contribution >= 0.6 is 15.9 Å². The summed E-state index contributed by atoms with van der Waals surface area (Å²) in [6.45, 7) is 7.67. The van der Waals surface area contributed by atoms with Crippen molar-refractivity contribution in [1.29, 1.82) is 5.26 Å². The zero-order valence-electron chi connectivity index (χ0n) is 12.6. The van der Waals surface area contributed by atoms with E-state index in [1.807, 2.05) is 12.1 Å². The van der Waals surface area contributed by atoms with E-state index in [0.29, 0.717) is 10.3 Å². The SMILES string of the molecule is C=C/C=C1\C(=C)CCC1NC(=O)/C(C#N)=C/c1cccc(Br)n1. The highest BCUT2D eigenvalue weighted by Crippen LogP contribution is 2.29. The van der Waals surface area contributed by atoms with Crippen LogP contribution in [0.5, 0.6) is 0 Å². The van der Waals surface area contributed by atoms with E-state index in [1.165, 1.54) is 6.08 Å². The third kappa shape index (κ3) is 4.27. The number of rotatable bonds is 4. The largest absolute Gasteiger partial charge is 0.345 e. The Morgan fingerprint density at radius 1 is 1.52 bits per heavy atom. The zero-order chi connectivity index (χ0) is 16.8. The summed E-state index contributed by atoms with van der Waals surface area (Å²) >= 11 is 3.26. The standard InChI is InChI=1S/C18H16BrN3O/c1-3-5-15-12(2)8-9-16(15)22-18(23)13(11-20)10-14-6-4-7-17(19)21-14/h3-7,10,16H,1-2,8-9H2,(H,22,23)/b13-10+,15-5+. The van der Waals surface area contributed by atoms with E-state index in [-0.39, 0.29) is 11.6 Å². The van der Waals surface area contributed by atoms with Gasteiger partial charge >= 0.3 is 0 Å².